The van der Waals surface area contributed by atoms with Crippen LogP contribution in [0.5, 0.6) is 5.75 Å². The number of ether oxygens (including phenoxy) is 1. The Labute approximate surface area is 173 Å². The minimum atomic E-state index is -3.76. The zero-order valence-electron chi connectivity index (χ0n) is 15.7. The standard InChI is InChI=1S/C22H18F2N2O3S/c23-22(24)29-20-12-10-19(11-13-20)21(18-4-2-1-3-5-18)26-30(27,28)15-17-8-6-16(14-25)7-9-17/h1-13,21-22,26H,15H2/t21-/m0/s1. The molecule has 1 atom stereocenters. The number of nitriles is 1. The van der Waals surface area contributed by atoms with Gasteiger partial charge in [-0.15, -0.1) is 0 Å². The van der Waals surface area contributed by atoms with Crippen LogP contribution in [0.2, 0.25) is 0 Å². The van der Waals surface area contributed by atoms with Gasteiger partial charge in [0.25, 0.3) is 0 Å². The molecular formula is C22H18F2N2O3S. The SMILES string of the molecule is N#Cc1ccc(CS(=O)(=O)N[C@@H](c2ccccc2)c2ccc(OC(F)F)cc2)cc1. The Kier molecular flexibility index (Phi) is 6.77. The van der Waals surface area contributed by atoms with Gasteiger partial charge in [0.2, 0.25) is 10.0 Å². The molecule has 0 fully saturated rings. The Morgan fingerprint density at radius 1 is 0.900 bits per heavy atom. The molecule has 0 saturated carbocycles. The van der Waals surface area contributed by atoms with Crippen LogP contribution in [-0.4, -0.2) is 15.0 Å². The van der Waals surface area contributed by atoms with Gasteiger partial charge in [-0.05, 0) is 41.0 Å². The van der Waals surface area contributed by atoms with Gasteiger partial charge in [-0.1, -0.05) is 54.6 Å². The summed E-state index contributed by atoms with van der Waals surface area (Å²) in [4.78, 5) is 0. The van der Waals surface area contributed by atoms with Crippen LogP contribution >= 0.6 is 0 Å². The maximum Gasteiger partial charge on any atom is 0.387 e. The molecule has 0 aromatic heterocycles. The fraction of sp³-hybridized carbons (Fsp3) is 0.136. The van der Waals surface area contributed by atoms with Gasteiger partial charge in [-0.25, -0.2) is 13.1 Å². The van der Waals surface area contributed by atoms with Gasteiger partial charge in [-0.3, -0.25) is 0 Å². The van der Waals surface area contributed by atoms with Crippen LogP contribution in [0.25, 0.3) is 0 Å². The molecule has 0 unspecified atom stereocenters. The Morgan fingerprint density at radius 2 is 1.50 bits per heavy atom. The normalized spacial score (nSPS) is 12.3. The molecule has 0 radical (unpaired) electrons. The number of hydrogen-bond donors (Lipinski definition) is 1. The van der Waals surface area contributed by atoms with Gasteiger partial charge < -0.3 is 4.74 Å². The third kappa shape index (κ3) is 5.86. The molecule has 0 aliphatic carbocycles. The smallest absolute Gasteiger partial charge is 0.387 e. The van der Waals surface area contributed by atoms with Crippen molar-refractivity contribution >= 4 is 10.0 Å². The monoisotopic (exact) mass is 428 g/mol. The minimum Gasteiger partial charge on any atom is -0.435 e. The van der Waals surface area contributed by atoms with E-state index >= 15 is 0 Å². The molecule has 0 saturated heterocycles. The Balaban J connectivity index is 1.86. The largest absolute Gasteiger partial charge is 0.435 e. The first kappa shape index (κ1) is 21.4. The van der Waals surface area contributed by atoms with Gasteiger partial charge in [0, 0.05) is 0 Å². The summed E-state index contributed by atoms with van der Waals surface area (Å²) in [6, 6.07) is 22.3. The highest BCUT2D eigenvalue weighted by atomic mass is 32.2. The van der Waals surface area contributed by atoms with Crippen molar-refractivity contribution < 1.29 is 21.9 Å². The van der Waals surface area contributed by atoms with Crippen molar-refractivity contribution in [2.45, 2.75) is 18.4 Å². The molecule has 154 valence electrons. The summed E-state index contributed by atoms with van der Waals surface area (Å²) in [5, 5.41) is 8.87. The maximum atomic E-state index is 12.8. The summed E-state index contributed by atoms with van der Waals surface area (Å²) in [6.07, 6.45) is 0. The summed E-state index contributed by atoms with van der Waals surface area (Å²) < 4.78 is 57.5. The number of nitrogens with one attached hydrogen (secondary N) is 1. The van der Waals surface area contributed by atoms with Gasteiger partial charge in [0.15, 0.2) is 0 Å². The van der Waals surface area contributed by atoms with Crippen molar-refractivity contribution in [1.82, 2.24) is 4.72 Å². The predicted octanol–water partition coefficient (Wildman–Crippen LogP) is 4.37. The molecule has 30 heavy (non-hydrogen) atoms. The summed E-state index contributed by atoms with van der Waals surface area (Å²) in [6.45, 7) is -2.94. The second-order valence-corrected chi connectivity index (χ2v) is 8.23. The minimum absolute atomic E-state index is 0.0130. The van der Waals surface area contributed by atoms with Crippen LogP contribution in [0.3, 0.4) is 0 Å². The highest BCUT2D eigenvalue weighted by Gasteiger charge is 2.22. The lowest BCUT2D eigenvalue weighted by Crippen LogP contribution is -2.30. The van der Waals surface area contributed by atoms with Crippen LogP contribution < -0.4 is 9.46 Å². The van der Waals surface area contributed by atoms with Crippen molar-refractivity contribution in [3.05, 3.63) is 101 Å². The molecule has 0 spiro atoms. The van der Waals surface area contributed by atoms with E-state index in [0.29, 0.717) is 22.3 Å². The number of hydrogen-bond acceptors (Lipinski definition) is 4. The van der Waals surface area contributed by atoms with E-state index in [2.05, 4.69) is 9.46 Å². The van der Waals surface area contributed by atoms with Crippen molar-refractivity contribution in [1.29, 1.82) is 5.26 Å². The lowest BCUT2D eigenvalue weighted by molar-refractivity contribution is -0.0498. The fourth-order valence-electron chi connectivity index (χ4n) is 2.93. The van der Waals surface area contributed by atoms with Gasteiger partial charge in [-0.2, -0.15) is 14.0 Å². The van der Waals surface area contributed by atoms with Crippen molar-refractivity contribution in [2.24, 2.45) is 0 Å². The Morgan fingerprint density at radius 3 is 2.07 bits per heavy atom. The van der Waals surface area contributed by atoms with E-state index in [-0.39, 0.29) is 11.5 Å². The molecule has 0 heterocycles. The van der Waals surface area contributed by atoms with E-state index in [9.17, 15) is 17.2 Å². The lowest BCUT2D eigenvalue weighted by atomic mass is 10.00. The molecule has 3 rings (SSSR count). The van der Waals surface area contributed by atoms with E-state index in [1.807, 2.05) is 12.1 Å². The molecule has 0 aliphatic heterocycles. The number of alkyl halides is 2. The molecule has 0 amide bonds. The first-order chi connectivity index (χ1) is 14.4. The molecular weight excluding hydrogens is 410 g/mol. The number of nitrogens with zero attached hydrogens (tertiary/aromatic N) is 1. The Bertz CT molecular complexity index is 1110. The lowest BCUT2D eigenvalue weighted by Gasteiger charge is -2.20. The molecule has 1 N–H and O–H groups in total. The maximum absolute atomic E-state index is 12.8. The van der Waals surface area contributed by atoms with Crippen LogP contribution in [0.1, 0.15) is 28.3 Å². The van der Waals surface area contributed by atoms with Crippen LogP contribution in [0, 0.1) is 11.3 Å². The van der Waals surface area contributed by atoms with E-state index < -0.39 is 22.7 Å². The van der Waals surface area contributed by atoms with E-state index in [1.54, 1.807) is 60.7 Å². The first-order valence-corrected chi connectivity index (χ1v) is 10.6. The molecule has 8 heteroatoms. The van der Waals surface area contributed by atoms with Crippen LogP contribution in [0.15, 0.2) is 78.9 Å². The number of rotatable bonds is 8. The summed E-state index contributed by atoms with van der Waals surface area (Å²) in [5.41, 5.74) is 2.25. The van der Waals surface area contributed by atoms with Gasteiger partial charge >= 0.3 is 6.61 Å². The van der Waals surface area contributed by atoms with E-state index in [0.717, 1.165) is 0 Å². The van der Waals surface area contributed by atoms with Crippen molar-refractivity contribution in [3.8, 4) is 11.8 Å². The fourth-order valence-corrected chi connectivity index (χ4v) is 4.28. The van der Waals surface area contributed by atoms with Crippen LogP contribution in [-0.2, 0) is 15.8 Å². The molecule has 0 bridgehead atoms. The zero-order valence-corrected chi connectivity index (χ0v) is 16.5. The third-order valence-corrected chi connectivity index (χ3v) is 5.62. The summed E-state index contributed by atoms with van der Waals surface area (Å²) in [5.74, 6) is -0.282. The van der Waals surface area contributed by atoms with Crippen molar-refractivity contribution in [2.75, 3.05) is 0 Å². The first-order valence-electron chi connectivity index (χ1n) is 8.95. The number of halogens is 2. The average Bonchev–Trinajstić information content (AvgIpc) is 2.73. The molecule has 3 aromatic rings. The van der Waals surface area contributed by atoms with Crippen LogP contribution in [0.4, 0.5) is 8.78 Å². The predicted molar refractivity (Wildman–Crippen MR) is 108 cm³/mol. The topological polar surface area (TPSA) is 79.2 Å². The van der Waals surface area contributed by atoms with E-state index in [1.165, 1.54) is 12.1 Å². The number of sulfonamides is 1. The Hall–Kier alpha value is -3.28. The van der Waals surface area contributed by atoms with Gasteiger partial charge in [0.05, 0.1) is 23.4 Å². The molecule has 3 aromatic carbocycles. The summed E-state index contributed by atoms with van der Waals surface area (Å²) >= 11 is 0. The molecule has 5 nitrogen and oxygen atoms in total. The average molecular weight is 428 g/mol. The number of benzene rings is 3. The van der Waals surface area contributed by atoms with Gasteiger partial charge in [0.1, 0.15) is 5.75 Å². The second-order valence-electron chi connectivity index (χ2n) is 6.48. The van der Waals surface area contributed by atoms with Crippen molar-refractivity contribution in [3.63, 3.8) is 0 Å². The zero-order chi connectivity index (χ0) is 21.6. The van der Waals surface area contributed by atoms with E-state index in [4.69, 9.17) is 5.26 Å². The third-order valence-electron chi connectivity index (χ3n) is 4.31. The highest BCUT2D eigenvalue weighted by molar-refractivity contribution is 7.88. The highest BCUT2D eigenvalue weighted by Crippen LogP contribution is 2.26. The second kappa shape index (κ2) is 9.48. The molecule has 0 aliphatic rings. The quantitative estimate of drug-likeness (QED) is 0.578. The summed E-state index contributed by atoms with van der Waals surface area (Å²) in [7, 11) is -3.76.